The third-order valence-corrected chi connectivity index (χ3v) is 6.99. The van der Waals surface area contributed by atoms with Crippen LogP contribution in [-0.4, -0.2) is 16.2 Å². The molecule has 1 heterocycles. The van der Waals surface area contributed by atoms with Crippen LogP contribution in [0.4, 0.5) is 0 Å². The SMILES string of the molecule is OC12CC3CC(C1)CC(NCc1cc(Br)cs1)(C3)C2. The number of hydrogen-bond acceptors (Lipinski definition) is 3. The molecule has 0 aromatic carbocycles. The number of halogens is 1. The van der Waals surface area contributed by atoms with Gasteiger partial charge in [-0.05, 0) is 72.4 Å². The fourth-order valence-electron chi connectivity index (χ4n) is 5.14. The Morgan fingerprint density at radius 1 is 1.32 bits per heavy atom. The van der Waals surface area contributed by atoms with E-state index in [1.54, 1.807) is 11.3 Å². The summed E-state index contributed by atoms with van der Waals surface area (Å²) in [5.41, 5.74) is -0.136. The Labute approximate surface area is 126 Å². The smallest absolute Gasteiger partial charge is 0.0670 e. The number of aliphatic hydroxyl groups is 1. The van der Waals surface area contributed by atoms with E-state index in [4.69, 9.17) is 0 Å². The van der Waals surface area contributed by atoms with Crippen molar-refractivity contribution in [2.75, 3.05) is 0 Å². The second-order valence-electron chi connectivity index (χ2n) is 7.05. The van der Waals surface area contributed by atoms with E-state index >= 15 is 0 Å². The Morgan fingerprint density at radius 2 is 2.05 bits per heavy atom. The third kappa shape index (κ3) is 2.31. The summed E-state index contributed by atoms with van der Waals surface area (Å²) >= 11 is 5.32. The highest BCUT2D eigenvalue weighted by molar-refractivity contribution is 9.10. The molecule has 2 nitrogen and oxygen atoms in total. The normalized spacial score (nSPS) is 43.9. The van der Waals surface area contributed by atoms with Crippen molar-refractivity contribution < 1.29 is 5.11 Å². The summed E-state index contributed by atoms with van der Waals surface area (Å²) < 4.78 is 1.18. The average Bonchev–Trinajstić information content (AvgIpc) is 2.69. The summed E-state index contributed by atoms with van der Waals surface area (Å²) in [7, 11) is 0. The molecular weight excluding hydrogens is 322 g/mol. The lowest BCUT2D eigenvalue weighted by Gasteiger charge is -2.60. The number of nitrogens with one attached hydrogen (secondary N) is 1. The summed E-state index contributed by atoms with van der Waals surface area (Å²) in [6.07, 6.45) is 6.99. The van der Waals surface area contributed by atoms with Crippen LogP contribution in [0.2, 0.25) is 0 Å². The molecule has 5 rings (SSSR count). The Bertz CT molecular complexity index is 486. The van der Waals surface area contributed by atoms with Gasteiger partial charge in [-0.25, -0.2) is 0 Å². The predicted molar refractivity (Wildman–Crippen MR) is 81.2 cm³/mol. The molecule has 4 fully saturated rings. The van der Waals surface area contributed by atoms with E-state index in [0.717, 1.165) is 37.6 Å². The van der Waals surface area contributed by atoms with Crippen LogP contribution in [0.15, 0.2) is 15.9 Å². The van der Waals surface area contributed by atoms with Gasteiger partial charge in [0.2, 0.25) is 0 Å². The van der Waals surface area contributed by atoms with Gasteiger partial charge in [-0.2, -0.15) is 0 Å². The van der Waals surface area contributed by atoms with Gasteiger partial charge in [0.1, 0.15) is 0 Å². The molecule has 19 heavy (non-hydrogen) atoms. The zero-order chi connectivity index (χ0) is 13.1. The van der Waals surface area contributed by atoms with Crippen molar-refractivity contribution in [3.8, 4) is 0 Å². The molecular formula is C15H20BrNOS. The van der Waals surface area contributed by atoms with Crippen LogP contribution < -0.4 is 5.32 Å². The maximum Gasteiger partial charge on any atom is 0.0670 e. The minimum atomic E-state index is -0.354. The first-order valence-corrected chi connectivity index (χ1v) is 8.92. The lowest BCUT2D eigenvalue weighted by atomic mass is 9.51. The zero-order valence-corrected chi connectivity index (χ0v) is 13.4. The van der Waals surface area contributed by atoms with E-state index < -0.39 is 0 Å². The predicted octanol–water partition coefficient (Wildman–Crippen LogP) is 3.68. The van der Waals surface area contributed by atoms with E-state index in [1.165, 1.54) is 28.6 Å². The van der Waals surface area contributed by atoms with Gasteiger partial charge in [-0.3, -0.25) is 0 Å². The van der Waals surface area contributed by atoms with Crippen LogP contribution in [0, 0.1) is 11.8 Å². The van der Waals surface area contributed by atoms with Crippen LogP contribution in [0.5, 0.6) is 0 Å². The molecule has 0 saturated heterocycles. The van der Waals surface area contributed by atoms with E-state index in [2.05, 4.69) is 32.7 Å². The first-order chi connectivity index (χ1) is 9.04. The standard InChI is InChI=1S/C15H20BrNOS/c16-12-2-13(19-8-12)7-17-14-3-10-1-11(4-14)6-15(18,5-10)9-14/h2,8,10-11,17-18H,1,3-7,9H2. The molecule has 4 aliphatic rings. The molecule has 4 aliphatic carbocycles. The first kappa shape index (κ1) is 12.8. The van der Waals surface area contributed by atoms with Gasteiger partial charge in [-0.1, -0.05) is 0 Å². The molecule has 4 bridgehead atoms. The number of thiophene rings is 1. The lowest BCUT2D eigenvalue weighted by Crippen LogP contribution is -2.64. The van der Waals surface area contributed by atoms with Gasteiger partial charge in [-0.15, -0.1) is 11.3 Å². The van der Waals surface area contributed by atoms with Gasteiger partial charge in [0.25, 0.3) is 0 Å². The van der Waals surface area contributed by atoms with Crippen LogP contribution in [-0.2, 0) is 6.54 Å². The van der Waals surface area contributed by atoms with E-state index in [9.17, 15) is 5.11 Å². The van der Waals surface area contributed by atoms with Crippen molar-refractivity contribution in [1.82, 2.24) is 5.32 Å². The Morgan fingerprint density at radius 3 is 2.63 bits per heavy atom. The molecule has 4 heteroatoms. The van der Waals surface area contributed by atoms with Crippen LogP contribution in [0.3, 0.4) is 0 Å². The summed E-state index contributed by atoms with van der Waals surface area (Å²) in [5.74, 6) is 1.52. The van der Waals surface area contributed by atoms with Crippen molar-refractivity contribution >= 4 is 27.3 Å². The molecule has 2 atom stereocenters. The Balaban J connectivity index is 1.51. The summed E-state index contributed by atoms with van der Waals surface area (Å²) in [4.78, 5) is 1.38. The van der Waals surface area contributed by atoms with Crippen molar-refractivity contribution in [2.24, 2.45) is 11.8 Å². The molecule has 0 amide bonds. The van der Waals surface area contributed by atoms with Gasteiger partial charge in [0.15, 0.2) is 0 Å². The number of hydrogen-bond donors (Lipinski definition) is 2. The molecule has 0 aliphatic heterocycles. The first-order valence-electron chi connectivity index (χ1n) is 7.25. The highest BCUT2D eigenvalue weighted by Crippen LogP contribution is 2.57. The molecule has 4 saturated carbocycles. The summed E-state index contributed by atoms with van der Waals surface area (Å²) in [5, 5.41) is 16.7. The van der Waals surface area contributed by atoms with Gasteiger partial charge >= 0.3 is 0 Å². The van der Waals surface area contributed by atoms with Crippen molar-refractivity contribution in [3.05, 3.63) is 20.8 Å². The third-order valence-electron chi connectivity index (χ3n) is 5.29. The minimum Gasteiger partial charge on any atom is -0.390 e. The van der Waals surface area contributed by atoms with Gasteiger partial charge in [0.05, 0.1) is 5.60 Å². The van der Waals surface area contributed by atoms with E-state index in [1.807, 2.05) is 0 Å². The minimum absolute atomic E-state index is 0.218. The Hall–Kier alpha value is 0.1000. The zero-order valence-electron chi connectivity index (χ0n) is 11.0. The average molecular weight is 342 g/mol. The van der Waals surface area contributed by atoms with Crippen molar-refractivity contribution in [3.63, 3.8) is 0 Å². The fraction of sp³-hybridized carbons (Fsp3) is 0.733. The van der Waals surface area contributed by atoms with Gasteiger partial charge < -0.3 is 10.4 Å². The molecule has 1 aromatic heterocycles. The molecule has 0 spiro atoms. The van der Waals surface area contributed by atoms with Gasteiger partial charge in [0, 0.05) is 26.8 Å². The molecule has 2 unspecified atom stereocenters. The van der Waals surface area contributed by atoms with E-state index in [0.29, 0.717) is 0 Å². The summed E-state index contributed by atoms with van der Waals surface area (Å²) in [6.45, 7) is 0.950. The maximum atomic E-state index is 10.7. The monoisotopic (exact) mass is 341 g/mol. The molecule has 0 radical (unpaired) electrons. The van der Waals surface area contributed by atoms with Crippen LogP contribution in [0.1, 0.15) is 43.4 Å². The molecule has 104 valence electrons. The van der Waals surface area contributed by atoms with Crippen LogP contribution >= 0.6 is 27.3 Å². The topological polar surface area (TPSA) is 32.3 Å². The summed E-state index contributed by atoms with van der Waals surface area (Å²) in [6, 6.07) is 2.20. The maximum absolute atomic E-state index is 10.7. The lowest BCUT2D eigenvalue weighted by molar-refractivity contribution is -0.142. The second kappa shape index (κ2) is 4.30. The molecule has 2 N–H and O–H groups in total. The van der Waals surface area contributed by atoms with E-state index in [-0.39, 0.29) is 11.1 Å². The fourth-order valence-corrected chi connectivity index (χ4v) is 6.53. The molecule has 1 aromatic rings. The number of rotatable bonds is 3. The van der Waals surface area contributed by atoms with Crippen molar-refractivity contribution in [2.45, 2.75) is 56.2 Å². The van der Waals surface area contributed by atoms with Crippen LogP contribution in [0.25, 0.3) is 0 Å². The highest BCUT2D eigenvalue weighted by atomic mass is 79.9. The van der Waals surface area contributed by atoms with Crippen molar-refractivity contribution in [1.29, 1.82) is 0 Å². The largest absolute Gasteiger partial charge is 0.390 e. The second-order valence-corrected chi connectivity index (χ2v) is 8.96. The Kier molecular flexibility index (Phi) is 2.90. The highest BCUT2D eigenvalue weighted by Gasteiger charge is 2.56. The quantitative estimate of drug-likeness (QED) is 0.878.